The van der Waals surface area contributed by atoms with E-state index in [1.165, 1.54) is 25.3 Å². The van der Waals surface area contributed by atoms with Crippen molar-refractivity contribution in [3.05, 3.63) is 65.4 Å². The number of nitrogens with one attached hydrogen (secondary N) is 2. The SMILES string of the molecule is COc1ccc(C(=O)OCC(=O)Nc2cc(C)on2)cc1S(=O)(=O)Nc1ccc(C)cc1. The first-order valence-electron chi connectivity index (χ1n) is 9.36. The minimum atomic E-state index is -4.08. The van der Waals surface area contributed by atoms with Gasteiger partial charge >= 0.3 is 5.97 Å². The predicted molar refractivity (Wildman–Crippen MR) is 115 cm³/mol. The number of sulfonamides is 1. The van der Waals surface area contributed by atoms with Crippen molar-refractivity contribution in [2.45, 2.75) is 18.7 Å². The van der Waals surface area contributed by atoms with E-state index in [-0.39, 0.29) is 22.0 Å². The first-order valence-corrected chi connectivity index (χ1v) is 10.8. The molecule has 3 rings (SSSR count). The van der Waals surface area contributed by atoms with Crippen LogP contribution < -0.4 is 14.8 Å². The number of esters is 1. The molecule has 2 aromatic carbocycles. The van der Waals surface area contributed by atoms with Crippen LogP contribution in [0.5, 0.6) is 5.75 Å². The number of hydrogen-bond acceptors (Lipinski definition) is 8. The van der Waals surface area contributed by atoms with E-state index in [2.05, 4.69) is 15.2 Å². The summed E-state index contributed by atoms with van der Waals surface area (Å²) in [5.74, 6) is -0.785. The van der Waals surface area contributed by atoms with Gasteiger partial charge in [0.25, 0.3) is 15.9 Å². The molecule has 10 nitrogen and oxygen atoms in total. The average Bonchev–Trinajstić information content (AvgIpc) is 3.17. The van der Waals surface area contributed by atoms with Gasteiger partial charge in [0.05, 0.1) is 12.7 Å². The van der Waals surface area contributed by atoms with Gasteiger partial charge in [-0.05, 0) is 44.2 Å². The fraction of sp³-hybridized carbons (Fsp3) is 0.190. The van der Waals surface area contributed by atoms with E-state index in [1.807, 2.05) is 6.92 Å². The molecule has 0 atom stereocenters. The number of carbonyl (C=O) groups is 2. The molecule has 0 aliphatic heterocycles. The highest BCUT2D eigenvalue weighted by molar-refractivity contribution is 7.92. The molecule has 0 aliphatic carbocycles. The van der Waals surface area contributed by atoms with Crippen molar-refractivity contribution in [3.8, 4) is 5.75 Å². The zero-order valence-electron chi connectivity index (χ0n) is 17.5. The van der Waals surface area contributed by atoms with Crippen LogP contribution in [0, 0.1) is 13.8 Å². The molecular formula is C21H21N3O7S. The van der Waals surface area contributed by atoms with Crippen molar-refractivity contribution in [3.63, 3.8) is 0 Å². The number of aryl methyl sites for hydroxylation is 2. The predicted octanol–water partition coefficient (Wildman–Crippen LogP) is 2.90. The standard InChI is InChI=1S/C21H21N3O7S/c1-13-4-7-16(8-5-13)24-32(27,28)18-11-15(6-9-17(18)29-3)21(26)30-12-20(25)22-19-10-14(2)31-23-19/h4-11,24H,12H2,1-3H3,(H,22,23,25). The van der Waals surface area contributed by atoms with Crippen LogP contribution >= 0.6 is 0 Å². The summed E-state index contributed by atoms with van der Waals surface area (Å²) in [6, 6.07) is 12.0. The Morgan fingerprint density at radius 3 is 2.41 bits per heavy atom. The van der Waals surface area contributed by atoms with Gasteiger partial charge in [-0.3, -0.25) is 9.52 Å². The Morgan fingerprint density at radius 2 is 1.78 bits per heavy atom. The van der Waals surface area contributed by atoms with Gasteiger partial charge in [-0.1, -0.05) is 22.9 Å². The molecule has 168 valence electrons. The van der Waals surface area contributed by atoms with E-state index in [0.717, 1.165) is 11.6 Å². The number of aromatic nitrogens is 1. The Balaban J connectivity index is 1.73. The van der Waals surface area contributed by atoms with E-state index >= 15 is 0 Å². The molecule has 1 aromatic heterocycles. The highest BCUT2D eigenvalue weighted by atomic mass is 32.2. The average molecular weight is 459 g/mol. The molecule has 0 radical (unpaired) electrons. The number of amides is 1. The Labute approximate surface area is 184 Å². The third kappa shape index (κ3) is 5.64. The molecule has 0 saturated heterocycles. The Hall–Kier alpha value is -3.86. The van der Waals surface area contributed by atoms with E-state index < -0.39 is 28.5 Å². The summed E-state index contributed by atoms with van der Waals surface area (Å²) in [5.41, 5.74) is 1.25. The fourth-order valence-electron chi connectivity index (χ4n) is 2.66. The topological polar surface area (TPSA) is 137 Å². The fourth-order valence-corrected chi connectivity index (χ4v) is 3.92. The van der Waals surface area contributed by atoms with Crippen LogP contribution in [0.2, 0.25) is 0 Å². The lowest BCUT2D eigenvalue weighted by atomic mass is 10.2. The van der Waals surface area contributed by atoms with Gasteiger partial charge < -0.3 is 19.3 Å². The highest BCUT2D eigenvalue weighted by Crippen LogP contribution is 2.27. The van der Waals surface area contributed by atoms with Gasteiger partial charge in [-0.25, -0.2) is 13.2 Å². The second-order valence-corrected chi connectivity index (χ2v) is 8.44. The molecule has 3 aromatic rings. The van der Waals surface area contributed by atoms with Crippen LogP contribution in [-0.2, 0) is 19.6 Å². The Bertz CT molecular complexity index is 1230. The molecule has 1 heterocycles. The molecule has 2 N–H and O–H groups in total. The minimum absolute atomic E-state index is 0.0420. The number of methoxy groups -OCH3 is 1. The van der Waals surface area contributed by atoms with E-state index in [4.69, 9.17) is 14.0 Å². The molecule has 0 saturated carbocycles. The molecule has 0 spiro atoms. The van der Waals surface area contributed by atoms with Gasteiger partial charge in [0, 0.05) is 11.8 Å². The van der Waals surface area contributed by atoms with Gasteiger partial charge in [0.1, 0.15) is 16.4 Å². The van der Waals surface area contributed by atoms with Crippen LogP contribution in [0.25, 0.3) is 0 Å². The molecule has 11 heteroatoms. The van der Waals surface area contributed by atoms with E-state index in [1.54, 1.807) is 31.2 Å². The maximum absolute atomic E-state index is 12.9. The second kappa shape index (κ2) is 9.52. The number of nitrogens with zero attached hydrogens (tertiary/aromatic N) is 1. The van der Waals surface area contributed by atoms with Crippen LogP contribution in [0.3, 0.4) is 0 Å². The smallest absolute Gasteiger partial charge is 0.338 e. The molecular weight excluding hydrogens is 438 g/mol. The van der Waals surface area contributed by atoms with Gasteiger partial charge in [0.15, 0.2) is 12.4 Å². The van der Waals surface area contributed by atoms with Crippen molar-refractivity contribution in [1.29, 1.82) is 0 Å². The first kappa shape index (κ1) is 22.8. The normalized spacial score (nSPS) is 11.0. The second-order valence-electron chi connectivity index (χ2n) is 6.78. The quantitative estimate of drug-likeness (QED) is 0.491. The summed E-state index contributed by atoms with van der Waals surface area (Å²) >= 11 is 0. The van der Waals surface area contributed by atoms with Crippen LogP contribution in [0.1, 0.15) is 21.7 Å². The molecule has 32 heavy (non-hydrogen) atoms. The monoisotopic (exact) mass is 459 g/mol. The number of rotatable bonds is 8. The summed E-state index contributed by atoms with van der Waals surface area (Å²) in [6.07, 6.45) is 0. The zero-order valence-corrected chi connectivity index (χ0v) is 18.4. The molecule has 0 unspecified atom stereocenters. The molecule has 1 amide bonds. The largest absolute Gasteiger partial charge is 0.495 e. The summed E-state index contributed by atoms with van der Waals surface area (Å²) in [6.45, 7) is 2.94. The van der Waals surface area contributed by atoms with Crippen molar-refractivity contribution in [2.24, 2.45) is 0 Å². The zero-order chi connectivity index (χ0) is 23.3. The molecule has 0 aliphatic rings. The van der Waals surface area contributed by atoms with Gasteiger partial charge in [-0.2, -0.15) is 0 Å². The minimum Gasteiger partial charge on any atom is -0.495 e. The third-order valence-corrected chi connectivity index (χ3v) is 5.62. The van der Waals surface area contributed by atoms with E-state index in [0.29, 0.717) is 11.4 Å². The molecule has 0 fully saturated rings. The summed E-state index contributed by atoms with van der Waals surface area (Å²) in [4.78, 5) is 24.1. The summed E-state index contributed by atoms with van der Waals surface area (Å²) < 4.78 is 43.2. The maximum Gasteiger partial charge on any atom is 0.338 e. The first-order chi connectivity index (χ1) is 15.2. The van der Waals surface area contributed by atoms with Crippen molar-refractivity contribution < 1.29 is 32.0 Å². The van der Waals surface area contributed by atoms with Crippen LogP contribution in [0.4, 0.5) is 11.5 Å². The van der Waals surface area contributed by atoms with Gasteiger partial charge in [0.2, 0.25) is 0 Å². The molecule has 0 bridgehead atoms. The Morgan fingerprint density at radius 1 is 1.06 bits per heavy atom. The maximum atomic E-state index is 12.9. The number of carbonyl (C=O) groups excluding carboxylic acids is 2. The lowest BCUT2D eigenvalue weighted by Gasteiger charge is -2.13. The number of hydrogen-bond donors (Lipinski definition) is 2. The lowest BCUT2D eigenvalue weighted by Crippen LogP contribution is -2.21. The van der Waals surface area contributed by atoms with Crippen LogP contribution in [0.15, 0.2) is 57.9 Å². The van der Waals surface area contributed by atoms with E-state index in [9.17, 15) is 18.0 Å². The third-order valence-electron chi connectivity index (χ3n) is 4.22. The number of ether oxygens (including phenoxy) is 2. The van der Waals surface area contributed by atoms with Crippen molar-refractivity contribution >= 4 is 33.4 Å². The van der Waals surface area contributed by atoms with Gasteiger partial charge in [-0.15, -0.1) is 0 Å². The van der Waals surface area contributed by atoms with Crippen molar-refractivity contribution in [1.82, 2.24) is 5.16 Å². The number of anilines is 2. The Kier molecular flexibility index (Phi) is 6.79. The van der Waals surface area contributed by atoms with Crippen molar-refractivity contribution in [2.75, 3.05) is 23.8 Å². The van der Waals surface area contributed by atoms with Crippen LogP contribution in [-0.4, -0.2) is 39.2 Å². The number of benzene rings is 2. The highest BCUT2D eigenvalue weighted by Gasteiger charge is 2.23. The summed E-state index contributed by atoms with van der Waals surface area (Å²) in [5, 5.41) is 6.01. The summed E-state index contributed by atoms with van der Waals surface area (Å²) in [7, 11) is -2.76. The lowest BCUT2D eigenvalue weighted by molar-refractivity contribution is -0.119.